The second kappa shape index (κ2) is 26.8. The van der Waals surface area contributed by atoms with Crippen molar-refractivity contribution in [1.82, 2.24) is 15.2 Å². The van der Waals surface area contributed by atoms with Crippen molar-refractivity contribution in [1.29, 1.82) is 0 Å². The number of nitrogens with zero attached hydrogens (tertiary/aromatic N) is 3. The van der Waals surface area contributed by atoms with Crippen LogP contribution in [0.1, 0.15) is 165 Å². The van der Waals surface area contributed by atoms with E-state index in [-0.39, 0.29) is 111 Å². The highest BCUT2D eigenvalue weighted by atomic mass is 16.7. The maximum absolute atomic E-state index is 14.1. The SMILES string of the molecule is COc1cccc2c1C(=O)c1c(O)c3c(c(O)c1C2=O)C[C@@](O)(/C(CO)=N/NC(=O)C(C)C)C[C@@H]3O[C@H]1C[C@H]2[C@H](O[C@@H]3[C@@H](OC)OCCN32)[C@H](C)O1.COc1cccc2c1C(=O)c1c(O)c3c(c(O)c1C2=O)C[C@@](O)(C(=O)C(C)C)C[C@@H]3O[C@H]1C[C@H]2[C@H](O[C@@H]3[C@@H](OC)OCCN32)[C@H](C)O1. The molecule has 0 aromatic heterocycles. The minimum absolute atomic E-state index is 0.00341. The highest BCUT2D eigenvalue weighted by Gasteiger charge is 2.58. The standard InChI is InChI=1S/C36H43N3O13.C34H39NO12/c1-15(2)33(45)38-37-22(14-40)36(46)12-18-25(31(44)27-26(29(18)42)28(41)17-7-6-8-20(47-4)24(17)30(27)43)21(13-36)51-23-11-19-32(16(3)50-23)52-34-35(48-5)49-10-9-39(19)34;1-14(2)31(40)34(41)12-17-23(29(39)25-24(27(17)37)26(36)16-7-6-8-19(42-4)22(16)28(25)38)20(13-34)46-21-11-18-30(15(3)45-21)47-32-33(43-5)44-10-9-35(18)32/h6-8,15-16,19,21,23,32,34-35,40,42,44,46H,9-14H2,1-5H3,(H,38,45);6-8,14-15,18,20-21,30,32-33,37,39,41H,9-13H2,1-5H3/b37-22+;/t16-,19-,21-,23-,32+,34+,35-,36-;15-,18-,20-,21-,30+,32+,33-,34-/m00/s1. The van der Waals surface area contributed by atoms with Gasteiger partial charge in [0.1, 0.15) is 57.9 Å². The Kier molecular flexibility index (Phi) is 19.0. The maximum atomic E-state index is 14.1. The van der Waals surface area contributed by atoms with E-state index in [1.165, 1.54) is 44.6 Å². The Hall–Kier alpha value is -7.43. The van der Waals surface area contributed by atoms with Crippen molar-refractivity contribution in [3.8, 4) is 34.5 Å². The fourth-order valence-electron chi connectivity index (χ4n) is 16.1. The molecule has 0 saturated carbocycles. The number of hydrazone groups is 1. The number of aliphatic hydroxyl groups is 3. The van der Waals surface area contributed by atoms with Gasteiger partial charge in [0.05, 0.1) is 97.5 Å². The molecule has 16 atom stereocenters. The third-order valence-electron chi connectivity index (χ3n) is 20.9. The zero-order valence-corrected chi connectivity index (χ0v) is 56.3. The molecule has 4 aromatic rings. The topological polar surface area (TPSA) is 386 Å². The number of fused-ring (bicyclic) bond motifs is 12. The number of benzene rings is 4. The smallest absolute Gasteiger partial charge is 0.242 e. The minimum atomic E-state index is -2.07. The van der Waals surface area contributed by atoms with E-state index in [0.29, 0.717) is 32.7 Å². The van der Waals surface area contributed by atoms with Gasteiger partial charge in [-0.1, -0.05) is 52.0 Å². The van der Waals surface area contributed by atoms with Crippen LogP contribution in [0.3, 0.4) is 0 Å². The van der Waals surface area contributed by atoms with Crippen molar-refractivity contribution in [2.45, 2.75) is 178 Å². The molecule has 14 rings (SSSR count). The minimum Gasteiger partial charge on any atom is -0.507 e. The number of amides is 1. The number of ether oxygens (including phenoxy) is 12. The average molecular weight is 1380 g/mol. The molecule has 6 saturated heterocycles. The van der Waals surface area contributed by atoms with Crippen molar-refractivity contribution in [2.75, 3.05) is 61.3 Å². The summed E-state index contributed by atoms with van der Waals surface area (Å²) < 4.78 is 71.5. The lowest BCUT2D eigenvalue weighted by Crippen LogP contribution is -2.55. The summed E-state index contributed by atoms with van der Waals surface area (Å²) in [5, 5.41) is 85.9. The number of aromatic hydroxyl groups is 4. The van der Waals surface area contributed by atoms with Gasteiger partial charge in [-0.2, -0.15) is 5.10 Å². The second-order valence-electron chi connectivity index (χ2n) is 27.3. The summed E-state index contributed by atoms with van der Waals surface area (Å²) in [6.45, 7) is 11.5. The summed E-state index contributed by atoms with van der Waals surface area (Å²) in [6.07, 6.45) is -8.85. The number of methoxy groups -OCH3 is 4. The monoisotopic (exact) mass is 1380 g/mol. The first-order valence-corrected chi connectivity index (χ1v) is 33.2. The number of Topliss-reactive ketones (excluding diaryl/α,β-unsaturated/α-hetero) is 1. The van der Waals surface area contributed by atoms with Crippen molar-refractivity contribution in [2.24, 2.45) is 16.9 Å². The number of aliphatic hydroxyl groups excluding tert-OH is 1. The van der Waals surface area contributed by atoms with Crippen LogP contribution in [0.25, 0.3) is 0 Å². The predicted molar refractivity (Wildman–Crippen MR) is 341 cm³/mol. The van der Waals surface area contributed by atoms with Gasteiger partial charge < -0.3 is 92.6 Å². The summed E-state index contributed by atoms with van der Waals surface area (Å²) in [5.41, 5.74) is -3.91. The number of rotatable bonds is 14. The highest BCUT2D eigenvalue weighted by Crippen LogP contribution is 2.56. The van der Waals surface area contributed by atoms with Gasteiger partial charge in [0.15, 0.2) is 55.0 Å². The number of carbonyl (C=O) groups is 6. The average Bonchev–Trinajstić information content (AvgIpc) is 1.61. The zero-order valence-electron chi connectivity index (χ0n) is 56.3. The van der Waals surface area contributed by atoms with E-state index in [4.69, 9.17) is 56.8 Å². The highest BCUT2D eigenvalue weighted by molar-refractivity contribution is 6.32. The molecule has 0 bridgehead atoms. The van der Waals surface area contributed by atoms with Gasteiger partial charge in [-0.25, -0.2) is 5.43 Å². The normalized spacial score (nSPS) is 32.2. The molecule has 6 aliphatic heterocycles. The first kappa shape index (κ1) is 70.0. The van der Waals surface area contributed by atoms with Crippen molar-refractivity contribution in [3.05, 3.63) is 103 Å². The van der Waals surface area contributed by atoms with Crippen LogP contribution >= 0.6 is 0 Å². The summed E-state index contributed by atoms with van der Waals surface area (Å²) in [4.78, 5) is 85.9. The lowest BCUT2D eigenvalue weighted by Gasteiger charge is -2.44. The Morgan fingerprint density at radius 1 is 0.596 bits per heavy atom. The number of carbonyl (C=O) groups excluding carboxylic acids is 6. The molecule has 1 amide bonds. The lowest BCUT2D eigenvalue weighted by molar-refractivity contribution is -0.256. The predicted octanol–water partition coefficient (Wildman–Crippen LogP) is 3.65. The van der Waals surface area contributed by atoms with Crippen LogP contribution < -0.4 is 14.9 Å². The van der Waals surface area contributed by atoms with Gasteiger partial charge in [-0.3, -0.25) is 38.6 Å². The Morgan fingerprint density at radius 3 is 1.42 bits per heavy atom. The lowest BCUT2D eigenvalue weighted by atomic mass is 9.70. The number of ketones is 5. The summed E-state index contributed by atoms with van der Waals surface area (Å²) >= 11 is 0. The molecule has 99 heavy (non-hydrogen) atoms. The molecule has 8 N–H and O–H groups in total. The van der Waals surface area contributed by atoms with Crippen molar-refractivity contribution >= 4 is 40.5 Å². The summed E-state index contributed by atoms with van der Waals surface area (Å²) in [5.74, 6) is -7.04. The van der Waals surface area contributed by atoms with Gasteiger partial charge in [-0.15, -0.1) is 0 Å². The largest absolute Gasteiger partial charge is 0.507 e. The van der Waals surface area contributed by atoms with Gasteiger partial charge in [0, 0.05) is 123 Å². The molecule has 0 radical (unpaired) electrons. The maximum Gasteiger partial charge on any atom is 0.242 e. The molecule has 532 valence electrons. The van der Waals surface area contributed by atoms with Gasteiger partial charge in [0.25, 0.3) is 0 Å². The van der Waals surface area contributed by atoms with Crippen LogP contribution in [0.4, 0.5) is 0 Å². The molecule has 29 nitrogen and oxygen atoms in total. The Balaban J connectivity index is 0.000000179. The third kappa shape index (κ3) is 11.6. The molecule has 4 aromatic carbocycles. The van der Waals surface area contributed by atoms with Crippen molar-refractivity contribution in [3.63, 3.8) is 0 Å². The molecular weight excluding hydrogens is 1300 g/mol. The van der Waals surface area contributed by atoms with E-state index in [2.05, 4.69) is 20.3 Å². The number of phenolic OH excluding ortho intramolecular Hbond substituents is 4. The van der Waals surface area contributed by atoms with Crippen molar-refractivity contribution < 1.29 is 121 Å². The van der Waals surface area contributed by atoms with Crippen LogP contribution in [0.5, 0.6) is 34.5 Å². The Morgan fingerprint density at radius 2 is 1.02 bits per heavy atom. The van der Waals surface area contributed by atoms with E-state index in [1.807, 2.05) is 13.8 Å². The summed E-state index contributed by atoms with van der Waals surface area (Å²) in [7, 11) is 5.81. The molecule has 6 fully saturated rings. The Bertz CT molecular complexity index is 3990. The molecule has 0 unspecified atom stereocenters. The zero-order chi connectivity index (χ0) is 70.7. The first-order chi connectivity index (χ1) is 47.2. The van der Waals surface area contributed by atoms with Crippen LogP contribution in [0.2, 0.25) is 0 Å². The number of hydrogen-bond acceptors (Lipinski definition) is 28. The number of nitrogens with one attached hydrogen (secondary N) is 1. The van der Waals surface area contributed by atoms with E-state index >= 15 is 0 Å². The van der Waals surface area contributed by atoms with Crippen LogP contribution in [0, 0.1) is 11.8 Å². The van der Waals surface area contributed by atoms with E-state index in [1.54, 1.807) is 48.0 Å². The quantitative estimate of drug-likeness (QED) is 0.0438. The van der Waals surface area contributed by atoms with E-state index < -0.39 is 179 Å². The third-order valence-corrected chi connectivity index (χ3v) is 20.9. The van der Waals surface area contributed by atoms with Crippen LogP contribution in [0.15, 0.2) is 41.5 Å². The van der Waals surface area contributed by atoms with Crippen LogP contribution in [-0.2, 0) is 69.8 Å². The van der Waals surface area contributed by atoms with Gasteiger partial charge in [0.2, 0.25) is 17.5 Å². The first-order valence-electron chi connectivity index (χ1n) is 33.2. The van der Waals surface area contributed by atoms with Crippen LogP contribution in [-0.4, -0.2) is 233 Å². The molecule has 0 spiro atoms. The fraction of sp³-hybridized carbons (Fsp3) is 0.557. The van der Waals surface area contributed by atoms with Gasteiger partial charge >= 0.3 is 0 Å². The fourth-order valence-corrected chi connectivity index (χ4v) is 16.1. The molecule has 4 aliphatic carbocycles. The number of hydrogen-bond donors (Lipinski definition) is 8. The number of morpholine rings is 2. The van der Waals surface area contributed by atoms with E-state index in [0.717, 1.165) is 0 Å². The van der Waals surface area contributed by atoms with E-state index in [9.17, 15) is 64.5 Å². The molecule has 29 heteroatoms. The summed E-state index contributed by atoms with van der Waals surface area (Å²) in [6, 6.07) is 8.66. The second-order valence-corrected chi connectivity index (χ2v) is 27.3. The molecule has 6 heterocycles. The molecule has 10 aliphatic rings. The Labute approximate surface area is 568 Å². The number of phenols is 4. The van der Waals surface area contributed by atoms with Gasteiger partial charge in [-0.05, 0) is 26.0 Å². The molecular formula is C70H82N4O25.